The van der Waals surface area contributed by atoms with Gasteiger partial charge in [-0.15, -0.1) is 0 Å². The van der Waals surface area contributed by atoms with Crippen molar-refractivity contribution >= 4 is 5.82 Å². The quantitative estimate of drug-likeness (QED) is 0.666. The molecule has 0 saturated carbocycles. The van der Waals surface area contributed by atoms with Crippen LogP contribution in [0.15, 0.2) is 35.3 Å². The van der Waals surface area contributed by atoms with E-state index >= 15 is 0 Å². The fourth-order valence-electron chi connectivity index (χ4n) is 1.86. The van der Waals surface area contributed by atoms with Gasteiger partial charge in [0, 0.05) is 12.3 Å². The van der Waals surface area contributed by atoms with Crippen molar-refractivity contribution < 1.29 is 13.2 Å². The number of halogens is 3. The van der Waals surface area contributed by atoms with Gasteiger partial charge in [0.1, 0.15) is 17.3 Å². The van der Waals surface area contributed by atoms with E-state index < -0.39 is 17.6 Å². The van der Waals surface area contributed by atoms with Crippen LogP contribution in [0.1, 0.15) is 11.5 Å². The number of pyridine rings is 1. The summed E-state index contributed by atoms with van der Waals surface area (Å²) in [5.74, 6) is -0.00293. The monoisotopic (exact) mass is 337 g/mol. The summed E-state index contributed by atoms with van der Waals surface area (Å²) in [5, 5.41) is 8.47. The van der Waals surface area contributed by atoms with Crippen molar-refractivity contribution in [3.8, 4) is 11.5 Å². The van der Waals surface area contributed by atoms with Crippen molar-refractivity contribution in [2.75, 3.05) is 5.32 Å². The Kier molecular flexibility index (Phi) is 3.98. The summed E-state index contributed by atoms with van der Waals surface area (Å²) < 4.78 is 39.1. The molecule has 0 aliphatic heterocycles. The van der Waals surface area contributed by atoms with Crippen LogP contribution in [-0.4, -0.2) is 30.1 Å². The highest BCUT2D eigenvalue weighted by atomic mass is 19.4. The summed E-state index contributed by atoms with van der Waals surface area (Å²) >= 11 is 0. The van der Waals surface area contributed by atoms with Crippen molar-refractivity contribution in [2.45, 2.75) is 12.7 Å². The highest BCUT2D eigenvalue weighted by molar-refractivity contribution is 5.53. The molecular weight excluding hydrogens is 327 g/mol. The van der Waals surface area contributed by atoms with E-state index in [-0.39, 0.29) is 29.7 Å². The van der Waals surface area contributed by atoms with Gasteiger partial charge in [-0.05, 0) is 12.1 Å². The minimum atomic E-state index is -4.64. The summed E-state index contributed by atoms with van der Waals surface area (Å²) in [6, 6.07) is 5.53. The van der Waals surface area contributed by atoms with Crippen molar-refractivity contribution in [3.63, 3.8) is 0 Å². The maximum absolute atomic E-state index is 13.0. The zero-order chi connectivity index (χ0) is 17.2. The van der Waals surface area contributed by atoms with Crippen molar-refractivity contribution in [1.29, 1.82) is 0 Å². The van der Waals surface area contributed by atoms with Gasteiger partial charge >= 0.3 is 11.9 Å². The van der Waals surface area contributed by atoms with Crippen LogP contribution >= 0.6 is 0 Å². The zero-order valence-corrected chi connectivity index (χ0v) is 11.9. The first-order valence-electron chi connectivity index (χ1n) is 6.67. The number of rotatable bonds is 4. The second-order valence-corrected chi connectivity index (χ2v) is 4.65. The molecule has 3 rings (SSSR count). The van der Waals surface area contributed by atoms with E-state index in [2.05, 4.69) is 35.5 Å². The van der Waals surface area contributed by atoms with E-state index in [1.54, 1.807) is 12.1 Å². The van der Waals surface area contributed by atoms with Gasteiger partial charge in [0.05, 0.1) is 6.54 Å². The summed E-state index contributed by atoms with van der Waals surface area (Å²) in [5.41, 5.74) is -1.41. The third-order valence-corrected chi connectivity index (χ3v) is 2.90. The number of aromatic amines is 2. The third kappa shape index (κ3) is 3.56. The Morgan fingerprint density at radius 3 is 2.67 bits per heavy atom. The van der Waals surface area contributed by atoms with E-state index in [9.17, 15) is 18.0 Å². The highest BCUT2D eigenvalue weighted by Crippen LogP contribution is 2.30. The van der Waals surface area contributed by atoms with Crippen LogP contribution < -0.4 is 11.0 Å². The van der Waals surface area contributed by atoms with Crippen molar-refractivity contribution in [3.05, 3.63) is 52.5 Å². The predicted octanol–water partition coefficient (Wildman–Crippen LogP) is 1.58. The van der Waals surface area contributed by atoms with Crippen LogP contribution in [0.25, 0.3) is 11.5 Å². The van der Waals surface area contributed by atoms with Crippen LogP contribution in [0.3, 0.4) is 0 Å². The fraction of sp³-hybridized carbons (Fsp3) is 0.154. The molecule has 11 heteroatoms. The second kappa shape index (κ2) is 6.10. The summed E-state index contributed by atoms with van der Waals surface area (Å²) in [7, 11) is 0. The molecule has 0 amide bonds. The summed E-state index contributed by atoms with van der Waals surface area (Å²) in [6.07, 6.45) is -3.20. The van der Waals surface area contributed by atoms with Gasteiger partial charge in [0.25, 0.3) is 0 Å². The molecule has 0 atom stereocenters. The normalized spacial score (nSPS) is 11.5. The van der Waals surface area contributed by atoms with Gasteiger partial charge in [-0.1, -0.05) is 6.07 Å². The topological polar surface area (TPSA) is 112 Å². The maximum Gasteiger partial charge on any atom is 0.433 e. The average molecular weight is 337 g/mol. The predicted molar refractivity (Wildman–Crippen MR) is 76.8 cm³/mol. The van der Waals surface area contributed by atoms with Crippen LogP contribution in [0, 0.1) is 0 Å². The molecule has 0 saturated heterocycles. The molecule has 3 aromatic rings. The maximum atomic E-state index is 13.0. The summed E-state index contributed by atoms with van der Waals surface area (Å²) in [6.45, 7) is -0.0191. The first kappa shape index (κ1) is 15.6. The first-order chi connectivity index (χ1) is 11.4. The molecule has 3 aromatic heterocycles. The van der Waals surface area contributed by atoms with E-state index in [4.69, 9.17) is 0 Å². The van der Waals surface area contributed by atoms with Gasteiger partial charge in [-0.25, -0.2) is 19.9 Å². The molecule has 0 aliphatic carbocycles. The van der Waals surface area contributed by atoms with E-state index in [1.807, 2.05) is 0 Å². The fourth-order valence-corrected chi connectivity index (χ4v) is 1.86. The number of H-pyrrole nitrogens is 2. The van der Waals surface area contributed by atoms with Gasteiger partial charge in [-0.2, -0.15) is 18.3 Å². The van der Waals surface area contributed by atoms with Crippen LogP contribution in [-0.2, 0) is 12.7 Å². The molecule has 0 unspecified atom stereocenters. The highest BCUT2D eigenvalue weighted by Gasteiger charge is 2.34. The van der Waals surface area contributed by atoms with Crippen LogP contribution in [0.2, 0.25) is 0 Å². The number of aromatic nitrogens is 6. The second-order valence-electron chi connectivity index (χ2n) is 4.65. The summed E-state index contributed by atoms with van der Waals surface area (Å²) in [4.78, 5) is 24.8. The lowest BCUT2D eigenvalue weighted by Crippen LogP contribution is -2.13. The average Bonchev–Trinajstić information content (AvgIpc) is 2.98. The number of hydrogen-bond donors (Lipinski definition) is 3. The molecule has 0 aliphatic rings. The largest absolute Gasteiger partial charge is 0.433 e. The number of nitrogens with one attached hydrogen (secondary N) is 3. The lowest BCUT2D eigenvalue weighted by Gasteiger charge is -2.11. The molecule has 3 heterocycles. The van der Waals surface area contributed by atoms with E-state index in [1.165, 1.54) is 12.3 Å². The van der Waals surface area contributed by atoms with Gasteiger partial charge in [-0.3, -0.25) is 9.97 Å². The first-order valence-corrected chi connectivity index (χ1v) is 6.67. The molecule has 0 spiro atoms. The molecule has 3 N–H and O–H groups in total. The molecule has 0 fully saturated rings. The van der Waals surface area contributed by atoms with Gasteiger partial charge < -0.3 is 5.32 Å². The molecule has 24 heavy (non-hydrogen) atoms. The smallest absolute Gasteiger partial charge is 0.363 e. The minimum absolute atomic E-state index is 0.0191. The lowest BCUT2D eigenvalue weighted by atomic mass is 10.3. The van der Waals surface area contributed by atoms with Gasteiger partial charge in [0.15, 0.2) is 11.5 Å². The van der Waals surface area contributed by atoms with Crippen molar-refractivity contribution in [1.82, 2.24) is 30.1 Å². The minimum Gasteiger partial charge on any atom is -0.363 e. The Morgan fingerprint density at radius 2 is 2.04 bits per heavy atom. The molecule has 8 nitrogen and oxygen atoms in total. The molecule has 0 aromatic carbocycles. The Hall–Kier alpha value is -3.24. The zero-order valence-electron chi connectivity index (χ0n) is 11.9. The van der Waals surface area contributed by atoms with Crippen LogP contribution in [0.4, 0.5) is 19.0 Å². The van der Waals surface area contributed by atoms with Crippen LogP contribution in [0.5, 0.6) is 0 Å². The molecular formula is C13H10F3N7O. The molecule has 0 radical (unpaired) electrons. The van der Waals surface area contributed by atoms with E-state index in [0.717, 1.165) is 6.07 Å². The lowest BCUT2D eigenvalue weighted by molar-refractivity contribution is -0.141. The Morgan fingerprint density at radius 1 is 1.21 bits per heavy atom. The number of hydrogen-bond acceptors (Lipinski definition) is 6. The van der Waals surface area contributed by atoms with Gasteiger partial charge in [0.2, 0.25) is 0 Å². The Balaban J connectivity index is 1.94. The molecule has 0 bridgehead atoms. The SMILES string of the molecule is O=c1[nH]nc(CNc2cc(C(F)(F)F)nc(-c3ccccn3)n2)[nH]1. The number of alkyl halides is 3. The Bertz CT molecular complexity index is 888. The molecule has 124 valence electrons. The standard InChI is InChI=1S/C13H10F3N7O/c14-13(15,16)8-5-9(18-6-10-21-12(24)23-22-10)20-11(19-8)7-3-1-2-4-17-7/h1-5H,6H2,(H,18,19,20)(H2,21,22,23,24). The van der Waals surface area contributed by atoms with E-state index in [0.29, 0.717) is 0 Å². The Labute approximate surface area is 132 Å². The third-order valence-electron chi connectivity index (χ3n) is 2.90. The van der Waals surface area contributed by atoms with Crippen molar-refractivity contribution in [2.24, 2.45) is 0 Å². The number of anilines is 1. The number of nitrogens with zero attached hydrogens (tertiary/aromatic N) is 4.